The van der Waals surface area contributed by atoms with E-state index < -0.39 is 17.7 Å². The number of aliphatic carboxylic acids is 1. The zero-order valence-electron chi connectivity index (χ0n) is 19.1. The molecule has 0 aliphatic heterocycles. The number of aromatic nitrogens is 4. The van der Waals surface area contributed by atoms with Crippen molar-refractivity contribution in [2.24, 2.45) is 5.92 Å². The van der Waals surface area contributed by atoms with Gasteiger partial charge in [-0.1, -0.05) is 69.7 Å². The van der Waals surface area contributed by atoms with E-state index in [0.29, 0.717) is 12.1 Å². The summed E-state index contributed by atoms with van der Waals surface area (Å²) in [6.45, 7) is 5.83. The minimum Gasteiger partial charge on any atom is -0.480 e. The molecule has 0 radical (unpaired) electrons. The molecule has 9 nitrogen and oxygen atoms in total. The van der Waals surface area contributed by atoms with E-state index in [2.05, 4.69) is 15.5 Å². The molecule has 174 valence electrons. The number of aromatic amines is 1. The van der Waals surface area contributed by atoms with Crippen LogP contribution in [0.15, 0.2) is 53.3 Å². The highest BCUT2D eigenvalue weighted by Gasteiger charge is 2.32. The maximum absolute atomic E-state index is 12.9. The summed E-state index contributed by atoms with van der Waals surface area (Å²) < 4.78 is 1.19. The number of carboxylic acids is 1. The Morgan fingerprint density at radius 3 is 2.39 bits per heavy atom. The minimum atomic E-state index is -1.00. The molecule has 1 heterocycles. The van der Waals surface area contributed by atoms with Gasteiger partial charge in [0, 0.05) is 18.5 Å². The molecule has 0 aliphatic rings. The minimum absolute atomic E-state index is 0.155. The van der Waals surface area contributed by atoms with E-state index in [1.54, 1.807) is 6.07 Å². The first-order valence-corrected chi connectivity index (χ1v) is 11.0. The normalized spacial score (nSPS) is 12.0. The van der Waals surface area contributed by atoms with Crippen LogP contribution < -0.4 is 5.69 Å². The van der Waals surface area contributed by atoms with Crippen LogP contribution in [0.4, 0.5) is 0 Å². The highest BCUT2D eigenvalue weighted by molar-refractivity contribution is 5.84. The molecule has 2 N–H and O–H groups in total. The topological polar surface area (TPSA) is 121 Å². The Hall–Kier alpha value is -3.75. The van der Waals surface area contributed by atoms with E-state index in [4.69, 9.17) is 0 Å². The van der Waals surface area contributed by atoms with Gasteiger partial charge in [-0.05, 0) is 40.0 Å². The van der Waals surface area contributed by atoms with E-state index in [1.165, 1.54) is 9.58 Å². The van der Waals surface area contributed by atoms with Crippen molar-refractivity contribution < 1.29 is 14.7 Å². The van der Waals surface area contributed by atoms with Gasteiger partial charge < -0.3 is 10.0 Å². The third-order valence-corrected chi connectivity index (χ3v) is 5.51. The van der Waals surface area contributed by atoms with E-state index >= 15 is 0 Å². The number of carbonyl (C=O) groups is 2. The van der Waals surface area contributed by atoms with Crippen LogP contribution in [-0.4, -0.2) is 48.1 Å². The largest absolute Gasteiger partial charge is 0.480 e. The molecule has 1 amide bonds. The van der Waals surface area contributed by atoms with E-state index in [9.17, 15) is 19.5 Å². The molecule has 1 aromatic heterocycles. The van der Waals surface area contributed by atoms with E-state index in [0.717, 1.165) is 29.5 Å². The average Bonchev–Trinajstić information content (AvgIpc) is 3.22. The Morgan fingerprint density at radius 2 is 1.82 bits per heavy atom. The molecule has 3 aromatic rings. The number of carboxylic acid groups (broad SMARTS) is 1. The van der Waals surface area contributed by atoms with E-state index in [-0.39, 0.29) is 18.4 Å². The Morgan fingerprint density at radius 1 is 1.12 bits per heavy atom. The summed E-state index contributed by atoms with van der Waals surface area (Å²) in [5.41, 5.74) is 2.62. The van der Waals surface area contributed by atoms with Crippen LogP contribution in [-0.2, 0) is 16.1 Å². The van der Waals surface area contributed by atoms with Gasteiger partial charge in [0.2, 0.25) is 5.91 Å². The lowest BCUT2D eigenvalue weighted by molar-refractivity contribution is -0.153. The predicted octanol–water partition coefficient (Wildman–Crippen LogP) is 3.25. The summed E-state index contributed by atoms with van der Waals surface area (Å²) in [6, 6.07) is 14.0. The third kappa shape index (κ3) is 5.54. The molecule has 3 rings (SSSR count). The Kier molecular flexibility index (Phi) is 7.76. The van der Waals surface area contributed by atoms with Crippen molar-refractivity contribution in [3.8, 4) is 16.8 Å². The molecule has 0 unspecified atom stereocenters. The Bertz CT molecular complexity index is 1150. The number of unbranched alkanes of at least 4 members (excludes halogenated alkanes) is 1. The fourth-order valence-corrected chi connectivity index (χ4v) is 3.84. The van der Waals surface area contributed by atoms with Crippen molar-refractivity contribution in [3.63, 3.8) is 0 Å². The van der Waals surface area contributed by atoms with Gasteiger partial charge in [0.05, 0.1) is 5.69 Å². The van der Waals surface area contributed by atoms with Gasteiger partial charge in [-0.25, -0.2) is 14.7 Å². The number of para-hydroxylation sites is 1. The maximum atomic E-state index is 12.9. The number of carbonyl (C=O) groups excluding carboxylic acids is 1. The maximum Gasteiger partial charge on any atom is 0.365 e. The van der Waals surface area contributed by atoms with Crippen molar-refractivity contribution in [2.45, 2.75) is 52.6 Å². The zero-order chi connectivity index (χ0) is 24.0. The summed E-state index contributed by atoms with van der Waals surface area (Å²) in [6.07, 6.45) is 1.91. The van der Waals surface area contributed by atoms with Crippen LogP contribution in [0, 0.1) is 5.92 Å². The number of tetrazole rings is 1. The lowest BCUT2D eigenvalue weighted by atomic mass is 9.99. The van der Waals surface area contributed by atoms with Crippen LogP contribution in [0.1, 0.15) is 45.6 Å². The zero-order valence-corrected chi connectivity index (χ0v) is 19.1. The standard InChI is InChI=1S/C24H29N5O4/c1-4-5-10-21(30)28(22(16(2)3)23(31)32)15-17-11-13-18(14-12-17)19-8-6-7-9-20(19)29-24(33)25-26-27-29/h6-9,11-14,16,22H,4-5,10,15H2,1-3H3,(H,31,32)(H,25,27,33)/t22-/m0/s1. The van der Waals surface area contributed by atoms with Crippen molar-refractivity contribution in [3.05, 3.63) is 64.6 Å². The molecule has 9 heteroatoms. The van der Waals surface area contributed by atoms with Crippen LogP contribution in [0.25, 0.3) is 16.8 Å². The first-order valence-electron chi connectivity index (χ1n) is 11.0. The fraction of sp³-hybridized carbons (Fsp3) is 0.375. The van der Waals surface area contributed by atoms with Crippen LogP contribution in [0.2, 0.25) is 0 Å². The molecule has 33 heavy (non-hydrogen) atoms. The molecule has 0 aliphatic carbocycles. The Labute approximate surface area is 192 Å². The summed E-state index contributed by atoms with van der Waals surface area (Å²) >= 11 is 0. The van der Waals surface area contributed by atoms with Gasteiger partial charge in [0.25, 0.3) is 0 Å². The monoisotopic (exact) mass is 451 g/mol. The SMILES string of the molecule is CCCCC(=O)N(Cc1ccc(-c2ccccc2-n2nn[nH]c2=O)cc1)[C@H](C(=O)O)C(C)C. The molecular formula is C24H29N5O4. The van der Waals surface area contributed by atoms with Crippen LogP contribution in [0.3, 0.4) is 0 Å². The number of benzene rings is 2. The van der Waals surface area contributed by atoms with Crippen molar-refractivity contribution in [1.29, 1.82) is 0 Å². The second-order valence-corrected chi connectivity index (χ2v) is 8.28. The molecule has 0 bridgehead atoms. The number of amides is 1. The third-order valence-electron chi connectivity index (χ3n) is 5.51. The van der Waals surface area contributed by atoms with Crippen molar-refractivity contribution in [2.75, 3.05) is 0 Å². The van der Waals surface area contributed by atoms with Crippen molar-refractivity contribution >= 4 is 11.9 Å². The highest BCUT2D eigenvalue weighted by atomic mass is 16.4. The number of H-pyrrole nitrogens is 1. The Balaban J connectivity index is 1.90. The fourth-order valence-electron chi connectivity index (χ4n) is 3.84. The number of nitrogens with one attached hydrogen (secondary N) is 1. The van der Waals surface area contributed by atoms with Crippen LogP contribution in [0.5, 0.6) is 0 Å². The average molecular weight is 452 g/mol. The second kappa shape index (κ2) is 10.7. The van der Waals surface area contributed by atoms with Gasteiger partial charge in [-0.2, -0.15) is 4.68 Å². The lowest BCUT2D eigenvalue weighted by Crippen LogP contribution is -2.47. The van der Waals surface area contributed by atoms with Gasteiger partial charge in [-0.3, -0.25) is 4.79 Å². The first kappa shape index (κ1) is 23.9. The van der Waals surface area contributed by atoms with Crippen LogP contribution >= 0.6 is 0 Å². The summed E-state index contributed by atoms with van der Waals surface area (Å²) in [5, 5.41) is 19.4. The van der Waals surface area contributed by atoms with Gasteiger partial charge in [0.1, 0.15) is 6.04 Å². The second-order valence-electron chi connectivity index (χ2n) is 8.28. The van der Waals surface area contributed by atoms with Gasteiger partial charge >= 0.3 is 11.7 Å². The molecule has 0 spiro atoms. The van der Waals surface area contributed by atoms with Gasteiger partial charge in [-0.15, -0.1) is 0 Å². The number of hydrogen-bond acceptors (Lipinski definition) is 5. The van der Waals surface area contributed by atoms with Gasteiger partial charge in [0.15, 0.2) is 0 Å². The molecule has 0 saturated carbocycles. The number of nitrogens with zero attached hydrogens (tertiary/aromatic N) is 4. The molecular weight excluding hydrogens is 422 g/mol. The quantitative estimate of drug-likeness (QED) is 0.488. The first-order chi connectivity index (χ1) is 15.8. The highest BCUT2D eigenvalue weighted by Crippen LogP contribution is 2.26. The molecule has 1 atom stereocenters. The smallest absolute Gasteiger partial charge is 0.365 e. The lowest BCUT2D eigenvalue weighted by Gasteiger charge is -2.32. The molecule has 2 aromatic carbocycles. The van der Waals surface area contributed by atoms with Crippen molar-refractivity contribution in [1.82, 2.24) is 25.1 Å². The number of rotatable bonds is 10. The number of hydrogen-bond donors (Lipinski definition) is 2. The molecule has 0 fully saturated rings. The summed E-state index contributed by atoms with van der Waals surface area (Å²) in [7, 11) is 0. The summed E-state index contributed by atoms with van der Waals surface area (Å²) in [5.74, 6) is -1.38. The van der Waals surface area contributed by atoms with E-state index in [1.807, 2.05) is 63.2 Å². The summed E-state index contributed by atoms with van der Waals surface area (Å²) in [4.78, 5) is 38.3. The predicted molar refractivity (Wildman–Crippen MR) is 124 cm³/mol. The molecule has 0 saturated heterocycles.